The van der Waals surface area contributed by atoms with E-state index in [0.29, 0.717) is 0 Å². The molecule has 0 amide bonds. The average molecular weight is 231 g/mol. The number of nitrogens with zero attached hydrogens (tertiary/aromatic N) is 5. The molecule has 0 unspecified atom stereocenters. The van der Waals surface area contributed by atoms with Crippen molar-refractivity contribution in [1.29, 1.82) is 0 Å². The van der Waals surface area contributed by atoms with Crippen LogP contribution in [0.1, 0.15) is 0 Å². The van der Waals surface area contributed by atoms with E-state index in [2.05, 4.69) is 30.6 Å². The quantitative estimate of drug-likeness (QED) is 0.485. The first-order valence-electron chi connectivity index (χ1n) is 3.50. The van der Waals surface area contributed by atoms with Crippen LogP contribution in [0, 0.1) is 10.1 Å². The molecule has 2 aromatic rings. The number of rotatable bonds is 3. The number of nitro groups is 1. The molecule has 0 aromatic carbocycles. The molecular weight excluding hydrogens is 226 g/mol. The fraction of sp³-hybridized carbons (Fsp3) is 0. The first kappa shape index (κ1) is 11.3. The Bertz CT molecular complexity index is 490. The summed E-state index contributed by atoms with van der Waals surface area (Å²) in [5.74, 6) is -0.454. The molecule has 0 aliphatic rings. The van der Waals surface area contributed by atoms with Gasteiger partial charge in [0.15, 0.2) is 5.69 Å². The van der Waals surface area contributed by atoms with Crippen LogP contribution in [0.25, 0.3) is 17.0 Å². The minimum atomic E-state index is -0.945. The predicted molar refractivity (Wildman–Crippen MR) is 44.4 cm³/mol. The largest absolute Gasteiger partial charge is 0.472 e. The Hall–Kier alpha value is -2.76. The van der Waals surface area contributed by atoms with Crippen LogP contribution in [0.5, 0.6) is 0 Å². The van der Waals surface area contributed by atoms with Crippen LogP contribution in [0.2, 0.25) is 0 Å². The van der Waals surface area contributed by atoms with Gasteiger partial charge in [-0.2, -0.15) is 0 Å². The van der Waals surface area contributed by atoms with Crippen molar-refractivity contribution in [3.05, 3.63) is 15.5 Å². The molecule has 0 atom stereocenters. The summed E-state index contributed by atoms with van der Waals surface area (Å²) < 4.78 is 9.07. The number of anilines is 1. The standard InChI is InChI=1S/C4H2N7O4.H2O/c5-4-7-6-3(14-4)1-2(8-11(12)13)10-15-9-1;/h(H2-,5,7,8,10);1H2/q-1;/p+1. The van der Waals surface area contributed by atoms with Gasteiger partial charge in [-0.05, 0) is 5.10 Å². The molecule has 86 valence electrons. The van der Waals surface area contributed by atoms with E-state index in [9.17, 15) is 10.1 Å². The molecule has 2 aromatic heterocycles. The highest BCUT2D eigenvalue weighted by molar-refractivity contribution is 5.63. The Morgan fingerprint density at radius 2 is 2.25 bits per heavy atom. The minimum Gasteiger partial charge on any atom is -0.412 e. The smallest absolute Gasteiger partial charge is 0.412 e. The Morgan fingerprint density at radius 1 is 1.50 bits per heavy atom. The van der Waals surface area contributed by atoms with Crippen LogP contribution in [-0.4, -0.2) is 25.9 Å². The summed E-state index contributed by atoms with van der Waals surface area (Å²) in [6.07, 6.45) is 0. The molecule has 0 aliphatic heterocycles. The molecule has 0 saturated heterocycles. The number of hydrogen-bond donors (Lipinski definition) is 1. The van der Waals surface area contributed by atoms with Gasteiger partial charge in [0.05, 0.1) is 10.9 Å². The maximum atomic E-state index is 10.1. The van der Waals surface area contributed by atoms with Gasteiger partial charge in [-0.25, -0.2) is 0 Å². The van der Waals surface area contributed by atoms with Crippen molar-refractivity contribution in [3.8, 4) is 11.6 Å². The second kappa shape index (κ2) is 4.18. The van der Waals surface area contributed by atoms with Gasteiger partial charge in [0, 0.05) is 0 Å². The van der Waals surface area contributed by atoms with Crippen molar-refractivity contribution >= 4 is 11.8 Å². The molecule has 16 heavy (non-hydrogen) atoms. The average Bonchev–Trinajstić information content (AvgIpc) is 2.72. The number of nitrogens with one attached hydrogen (secondary N) is 1. The monoisotopic (exact) mass is 231 g/mol. The Morgan fingerprint density at radius 3 is 2.81 bits per heavy atom. The number of hydrogen-bond acceptors (Lipinski definition) is 8. The summed E-state index contributed by atoms with van der Waals surface area (Å²) in [5.41, 5.74) is 8.00. The van der Waals surface area contributed by atoms with Gasteiger partial charge in [-0.1, -0.05) is 5.16 Å². The highest BCUT2D eigenvalue weighted by atomic mass is 16.7. The zero-order chi connectivity index (χ0) is 10.8. The molecule has 0 bridgehead atoms. The van der Waals surface area contributed by atoms with E-state index < -0.39 is 5.03 Å². The molecular formula is C4H5N7O5. The van der Waals surface area contributed by atoms with E-state index in [1.54, 1.807) is 0 Å². The first-order chi connectivity index (χ1) is 7.16. The van der Waals surface area contributed by atoms with Gasteiger partial charge in [-0.3, -0.25) is 21.0 Å². The first-order valence-corrected chi connectivity index (χ1v) is 3.50. The zero-order valence-electron chi connectivity index (χ0n) is 7.45. The van der Waals surface area contributed by atoms with Gasteiger partial charge in [-0.15, -0.1) is 10.5 Å². The lowest BCUT2D eigenvalue weighted by molar-refractivity contribution is -0.437. The van der Waals surface area contributed by atoms with E-state index in [-0.39, 0.29) is 28.9 Å². The summed E-state index contributed by atoms with van der Waals surface area (Å²) in [4.78, 5) is 10.1. The van der Waals surface area contributed by atoms with Crippen molar-refractivity contribution in [2.24, 2.45) is 0 Å². The predicted octanol–water partition coefficient (Wildman–Crippen LogP) is -1.51. The van der Waals surface area contributed by atoms with Crippen molar-refractivity contribution < 1.29 is 24.7 Å². The van der Waals surface area contributed by atoms with Gasteiger partial charge >= 0.3 is 6.01 Å². The SMILES string of the molecule is Nc1[nH+]nc(-c2nonc2[N-][N+](=O)[O-])o1.O. The molecule has 12 nitrogen and oxygen atoms in total. The molecule has 0 spiro atoms. The molecule has 0 saturated carbocycles. The highest BCUT2D eigenvalue weighted by Crippen LogP contribution is 2.27. The van der Waals surface area contributed by atoms with Crippen LogP contribution >= 0.6 is 0 Å². The van der Waals surface area contributed by atoms with E-state index in [0.717, 1.165) is 0 Å². The number of aromatic nitrogens is 4. The van der Waals surface area contributed by atoms with E-state index in [1.165, 1.54) is 0 Å². The number of nitrogen functional groups attached to an aromatic ring is 1. The van der Waals surface area contributed by atoms with Crippen molar-refractivity contribution in [2.75, 3.05) is 5.73 Å². The maximum Gasteiger partial charge on any atom is 0.472 e. The maximum absolute atomic E-state index is 10.1. The summed E-state index contributed by atoms with van der Waals surface area (Å²) in [5, 5.41) is 21.5. The third-order valence-corrected chi connectivity index (χ3v) is 1.32. The summed E-state index contributed by atoms with van der Waals surface area (Å²) in [7, 11) is 0. The summed E-state index contributed by atoms with van der Waals surface area (Å²) in [6.45, 7) is 0. The third-order valence-electron chi connectivity index (χ3n) is 1.32. The van der Waals surface area contributed by atoms with Crippen molar-refractivity contribution in [1.82, 2.24) is 15.4 Å². The summed E-state index contributed by atoms with van der Waals surface area (Å²) >= 11 is 0. The third kappa shape index (κ3) is 2.01. The van der Waals surface area contributed by atoms with Gasteiger partial charge in [0.25, 0.3) is 5.89 Å². The van der Waals surface area contributed by atoms with Crippen LogP contribution in [-0.2, 0) is 0 Å². The topological polar surface area (TPSA) is 194 Å². The van der Waals surface area contributed by atoms with Crippen molar-refractivity contribution in [2.45, 2.75) is 0 Å². The summed E-state index contributed by atoms with van der Waals surface area (Å²) in [6, 6.07) is -0.0833. The number of aromatic amines is 1. The fourth-order valence-corrected chi connectivity index (χ4v) is 0.819. The van der Waals surface area contributed by atoms with Crippen molar-refractivity contribution in [3.63, 3.8) is 0 Å². The lowest BCUT2D eigenvalue weighted by Gasteiger charge is -1.97. The zero-order valence-corrected chi connectivity index (χ0v) is 7.45. The minimum absolute atomic E-state index is 0. The van der Waals surface area contributed by atoms with Crippen LogP contribution in [0.3, 0.4) is 0 Å². The Kier molecular flexibility index (Phi) is 2.95. The Balaban J connectivity index is 0.00000128. The highest BCUT2D eigenvalue weighted by Gasteiger charge is 2.16. The number of H-pyrrole nitrogens is 1. The normalized spacial score (nSPS) is 9.50. The van der Waals surface area contributed by atoms with Crippen LogP contribution < -0.4 is 10.8 Å². The van der Waals surface area contributed by atoms with Gasteiger partial charge in [0.2, 0.25) is 0 Å². The lowest BCUT2D eigenvalue weighted by atomic mass is 10.4. The molecule has 0 radical (unpaired) electrons. The van der Waals surface area contributed by atoms with Gasteiger partial charge in [0.1, 0.15) is 0 Å². The van der Waals surface area contributed by atoms with Crippen LogP contribution in [0.4, 0.5) is 11.8 Å². The molecule has 0 fully saturated rings. The molecule has 12 heteroatoms. The van der Waals surface area contributed by atoms with Gasteiger partial charge < -0.3 is 14.5 Å². The van der Waals surface area contributed by atoms with E-state index in [4.69, 9.17) is 10.2 Å². The van der Waals surface area contributed by atoms with Crippen LogP contribution in [0.15, 0.2) is 9.05 Å². The van der Waals surface area contributed by atoms with E-state index in [1.807, 2.05) is 0 Å². The van der Waals surface area contributed by atoms with E-state index >= 15 is 0 Å². The Labute approximate surface area is 85.8 Å². The number of nitrogens with two attached hydrogens (primary N) is 1. The molecule has 2 rings (SSSR count). The molecule has 0 aliphatic carbocycles. The molecule has 5 N–H and O–H groups in total. The second-order valence-corrected chi connectivity index (χ2v) is 2.27. The lowest BCUT2D eigenvalue weighted by Crippen LogP contribution is -2.07. The molecule has 2 heterocycles. The fourth-order valence-electron chi connectivity index (χ4n) is 0.819. The second-order valence-electron chi connectivity index (χ2n) is 2.27.